The first-order valence-electron chi connectivity index (χ1n) is 15.1. The Hall–Kier alpha value is -4.72. The van der Waals surface area contributed by atoms with E-state index in [-0.39, 0.29) is 11.1 Å². The third kappa shape index (κ3) is 6.23. The Morgan fingerprint density at radius 3 is 1.74 bits per heavy atom. The highest BCUT2D eigenvalue weighted by Crippen LogP contribution is 2.37. The molecular formula is C35H40N4O4. The number of H-pyrrole nitrogens is 2. The topological polar surface area (TPSA) is 94.0 Å². The van der Waals surface area contributed by atoms with Gasteiger partial charge in [0.25, 0.3) is 11.1 Å². The number of ether oxygens (including phenoxy) is 2. The molecule has 0 saturated carbocycles. The molecule has 3 aromatic carbocycles. The number of hydrogen-bond acceptors (Lipinski definition) is 4. The van der Waals surface area contributed by atoms with Gasteiger partial charge in [0.2, 0.25) is 0 Å². The van der Waals surface area contributed by atoms with E-state index >= 15 is 0 Å². The molecule has 0 aliphatic heterocycles. The van der Waals surface area contributed by atoms with E-state index in [2.05, 4.69) is 17.1 Å². The van der Waals surface area contributed by atoms with E-state index in [0.717, 1.165) is 36.2 Å². The van der Waals surface area contributed by atoms with Gasteiger partial charge in [0.05, 0.1) is 35.7 Å². The predicted molar refractivity (Wildman–Crippen MR) is 170 cm³/mol. The van der Waals surface area contributed by atoms with Crippen LogP contribution in [0.3, 0.4) is 0 Å². The van der Waals surface area contributed by atoms with Gasteiger partial charge < -0.3 is 9.47 Å². The summed E-state index contributed by atoms with van der Waals surface area (Å²) in [6.45, 7) is 8.91. The molecule has 0 bridgehead atoms. The molecule has 0 aliphatic rings. The van der Waals surface area contributed by atoms with Crippen molar-refractivity contribution >= 4 is 0 Å². The number of para-hydroxylation sites is 2. The molecule has 5 aromatic rings. The molecule has 0 aliphatic carbocycles. The SMILES string of the molecule is CCCCCCOc1ccc(C(c2c(C)[nH]n(-c3ccccc3)c2=O)c2c(C)[nH]n(-c3ccccc3)c2=O)cc1OCC. The summed E-state index contributed by atoms with van der Waals surface area (Å²) in [4.78, 5) is 28.3. The van der Waals surface area contributed by atoms with Gasteiger partial charge in [0.15, 0.2) is 11.5 Å². The summed E-state index contributed by atoms with van der Waals surface area (Å²) in [5.74, 6) is 0.578. The van der Waals surface area contributed by atoms with Crippen LogP contribution in [-0.4, -0.2) is 32.8 Å². The lowest BCUT2D eigenvalue weighted by atomic mass is 9.85. The van der Waals surface area contributed by atoms with Gasteiger partial charge in [-0.25, -0.2) is 9.36 Å². The maximum atomic E-state index is 14.1. The monoisotopic (exact) mass is 580 g/mol. The Labute approximate surface area is 251 Å². The number of unbranched alkanes of at least 4 members (excludes halogenated alkanes) is 3. The molecule has 0 amide bonds. The average molecular weight is 581 g/mol. The van der Waals surface area contributed by atoms with Gasteiger partial charge in [-0.2, -0.15) is 0 Å². The van der Waals surface area contributed by atoms with Crippen molar-refractivity contribution in [2.24, 2.45) is 0 Å². The Balaban J connectivity index is 1.67. The van der Waals surface area contributed by atoms with Gasteiger partial charge >= 0.3 is 0 Å². The van der Waals surface area contributed by atoms with Crippen molar-refractivity contribution < 1.29 is 9.47 Å². The molecule has 43 heavy (non-hydrogen) atoms. The van der Waals surface area contributed by atoms with Crippen molar-refractivity contribution in [1.29, 1.82) is 0 Å². The van der Waals surface area contributed by atoms with Crippen LogP contribution in [0.2, 0.25) is 0 Å². The maximum Gasteiger partial charge on any atom is 0.275 e. The molecule has 224 valence electrons. The summed E-state index contributed by atoms with van der Waals surface area (Å²) in [7, 11) is 0. The zero-order chi connectivity index (χ0) is 30.3. The number of nitrogens with one attached hydrogen (secondary N) is 2. The second kappa shape index (κ2) is 13.5. The van der Waals surface area contributed by atoms with Crippen LogP contribution in [0.4, 0.5) is 0 Å². The van der Waals surface area contributed by atoms with Crippen LogP contribution in [0.15, 0.2) is 88.5 Å². The van der Waals surface area contributed by atoms with Gasteiger partial charge in [-0.15, -0.1) is 0 Å². The zero-order valence-corrected chi connectivity index (χ0v) is 25.4. The molecule has 0 unspecified atom stereocenters. The average Bonchev–Trinajstić information content (AvgIpc) is 3.49. The Morgan fingerprint density at radius 1 is 0.674 bits per heavy atom. The van der Waals surface area contributed by atoms with Crippen molar-refractivity contribution in [3.63, 3.8) is 0 Å². The van der Waals surface area contributed by atoms with Gasteiger partial charge in [-0.1, -0.05) is 68.7 Å². The number of aromatic amines is 2. The van der Waals surface area contributed by atoms with Gasteiger partial charge in [-0.3, -0.25) is 19.8 Å². The minimum absolute atomic E-state index is 0.214. The largest absolute Gasteiger partial charge is 0.490 e. The van der Waals surface area contributed by atoms with Crippen LogP contribution in [-0.2, 0) is 0 Å². The molecular weight excluding hydrogens is 540 g/mol. The standard InChI is InChI=1S/C35H40N4O4/c1-5-7-8-15-22-43-29-21-20-26(23-30(29)42-6-2)33(31-24(3)36-38(34(31)40)27-16-11-9-12-17-27)32-25(4)37-39(35(32)41)28-18-13-10-14-19-28/h9-14,16-21,23,33,36-37H,5-8,15,22H2,1-4H3. The first kappa shape index (κ1) is 29.8. The zero-order valence-electron chi connectivity index (χ0n) is 25.4. The van der Waals surface area contributed by atoms with Gasteiger partial charge in [0.1, 0.15) is 0 Å². The Bertz CT molecular complexity index is 1670. The molecule has 2 N–H and O–H groups in total. The predicted octanol–water partition coefficient (Wildman–Crippen LogP) is 6.80. The second-order valence-electron chi connectivity index (χ2n) is 10.7. The Kier molecular flexibility index (Phi) is 9.35. The quantitative estimate of drug-likeness (QED) is 0.150. The van der Waals surface area contributed by atoms with Crippen LogP contribution >= 0.6 is 0 Å². The normalized spacial score (nSPS) is 11.3. The Morgan fingerprint density at radius 2 is 1.23 bits per heavy atom. The maximum absolute atomic E-state index is 14.1. The number of nitrogens with zero attached hydrogens (tertiary/aromatic N) is 2. The first-order chi connectivity index (χ1) is 20.9. The highest BCUT2D eigenvalue weighted by Gasteiger charge is 2.31. The van der Waals surface area contributed by atoms with Crippen molar-refractivity contribution in [2.45, 2.75) is 59.3 Å². The van der Waals surface area contributed by atoms with Crippen molar-refractivity contribution in [3.05, 3.63) is 128 Å². The molecule has 0 radical (unpaired) electrons. The molecule has 2 aromatic heterocycles. The van der Waals surface area contributed by atoms with E-state index in [0.29, 0.717) is 47.2 Å². The van der Waals surface area contributed by atoms with E-state index in [9.17, 15) is 9.59 Å². The third-order valence-corrected chi connectivity index (χ3v) is 7.70. The molecule has 0 fully saturated rings. The highest BCUT2D eigenvalue weighted by atomic mass is 16.5. The molecule has 2 heterocycles. The van der Waals surface area contributed by atoms with Crippen LogP contribution in [0.1, 0.15) is 73.5 Å². The summed E-state index contributed by atoms with van der Waals surface area (Å²) < 4.78 is 15.2. The van der Waals surface area contributed by atoms with E-state index < -0.39 is 5.92 Å². The molecule has 0 atom stereocenters. The van der Waals surface area contributed by atoms with E-state index in [4.69, 9.17) is 9.47 Å². The number of benzene rings is 3. The van der Waals surface area contributed by atoms with E-state index in [1.54, 1.807) is 0 Å². The number of aryl methyl sites for hydroxylation is 2. The summed E-state index contributed by atoms with van der Waals surface area (Å²) in [6, 6.07) is 24.6. The number of rotatable bonds is 13. The minimum atomic E-state index is -0.666. The fourth-order valence-electron chi connectivity index (χ4n) is 5.60. The summed E-state index contributed by atoms with van der Waals surface area (Å²) in [6.07, 6.45) is 4.42. The van der Waals surface area contributed by atoms with E-state index in [1.807, 2.05) is 99.6 Å². The molecule has 0 spiro atoms. The van der Waals surface area contributed by atoms with E-state index in [1.165, 1.54) is 15.8 Å². The summed E-state index contributed by atoms with van der Waals surface area (Å²) in [5.41, 5.74) is 4.13. The molecule has 8 nitrogen and oxygen atoms in total. The van der Waals surface area contributed by atoms with Gasteiger partial charge in [0, 0.05) is 17.3 Å². The van der Waals surface area contributed by atoms with Crippen molar-refractivity contribution in [3.8, 4) is 22.9 Å². The second-order valence-corrected chi connectivity index (χ2v) is 10.7. The van der Waals surface area contributed by atoms with Crippen LogP contribution in [0, 0.1) is 13.8 Å². The number of aromatic nitrogens is 4. The summed E-state index contributed by atoms with van der Waals surface area (Å²) in [5, 5.41) is 6.50. The van der Waals surface area contributed by atoms with Crippen LogP contribution < -0.4 is 20.6 Å². The third-order valence-electron chi connectivity index (χ3n) is 7.70. The highest BCUT2D eigenvalue weighted by molar-refractivity contribution is 5.52. The van der Waals surface area contributed by atoms with Gasteiger partial charge in [-0.05, 0) is 69.2 Å². The fraction of sp³-hybridized carbons (Fsp3) is 0.314. The first-order valence-corrected chi connectivity index (χ1v) is 15.1. The van der Waals surface area contributed by atoms with Crippen molar-refractivity contribution in [2.75, 3.05) is 13.2 Å². The molecule has 5 rings (SSSR count). The molecule has 0 saturated heterocycles. The summed E-state index contributed by atoms with van der Waals surface area (Å²) >= 11 is 0. The van der Waals surface area contributed by atoms with Crippen LogP contribution in [0.25, 0.3) is 11.4 Å². The lowest BCUT2D eigenvalue weighted by Crippen LogP contribution is -2.25. The molecule has 8 heteroatoms. The van der Waals surface area contributed by atoms with Crippen molar-refractivity contribution in [1.82, 2.24) is 19.6 Å². The fourth-order valence-corrected chi connectivity index (χ4v) is 5.60. The smallest absolute Gasteiger partial charge is 0.275 e. The lowest BCUT2D eigenvalue weighted by Gasteiger charge is -2.19. The minimum Gasteiger partial charge on any atom is -0.490 e. The lowest BCUT2D eigenvalue weighted by molar-refractivity contribution is 0.270. The van der Waals surface area contributed by atoms with Crippen LogP contribution in [0.5, 0.6) is 11.5 Å². The number of hydrogen-bond donors (Lipinski definition) is 2.